The zero-order chi connectivity index (χ0) is 14.7. The molecule has 1 aromatic rings. The molecule has 1 saturated heterocycles. The van der Waals surface area contributed by atoms with Gasteiger partial charge in [0.15, 0.2) is 0 Å². The first-order valence-electron chi connectivity index (χ1n) is 7.02. The second-order valence-corrected chi connectivity index (χ2v) is 6.77. The molecule has 2 nitrogen and oxygen atoms in total. The third-order valence-corrected chi connectivity index (χ3v) is 4.83. The molecule has 0 N–H and O–H groups in total. The van der Waals surface area contributed by atoms with Gasteiger partial charge in [0.25, 0.3) is 0 Å². The Morgan fingerprint density at radius 3 is 2.05 bits per heavy atom. The smallest absolute Gasteiger partial charge is 0.403 e. The van der Waals surface area contributed by atoms with Crippen molar-refractivity contribution in [3.63, 3.8) is 0 Å². The molecule has 1 aromatic carbocycles. The lowest BCUT2D eigenvalue weighted by Gasteiger charge is -2.32. The normalized spacial score (nSPS) is 30.6. The van der Waals surface area contributed by atoms with Crippen molar-refractivity contribution < 1.29 is 18.1 Å². The van der Waals surface area contributed by atoms with E-state index in [1.54, 1.807) is 0 Å². The Morgan fingerprint density at radius 1 is 1.05 bits per heavy atom. The van der Waals surface area contributed by atoms with Gasteiger partial charge in [0.05, 0.1) is 11.2 Å². The lowest BCUT2D eigenvalue weighted by atomic mass is 9.79. The van der Waals surface area contributed by atoms with E-state index in [4.69, 9.17) is 9.31 Å². The summed E-state index contributed by atoms with van der Waals surface area (Å²) in [5.74, 6) is -1.07. The van der Waals surface area contributed by atoms with E-state index in [1.165, 1.54) is 18.2 Å². The number of hydrogen-bond donors (Lipinski definition) is 0. The summed E-state index contributed by atoms with van der Waals surface area (Å²) in [6, 6.07) is 4.00. The van der Waals surface area contributed by atoms with Crippen molar-refractivity contribution in [2.45, 2.75) is 57.1 Å². The zero-order valence-electron chi connectivity index (χ0n) is 12.2. The van der Waals surface area contributed by atoms with Gasteiger partial charge in [-0.25, -0.2) is 8.78 Å². The maximum absolute atomic E-state index is 13.8. The van der Waals surface area contributed by atoms with Crippen LogP contribution in [0.25, 0.3) is 0 Å². The van der Waals surface area contributed by atoms with Gasteiger partial charge in [-0.15, -0.1) is 0 Å². The fourth-order valence-corrected chi connectivity index (χ4v) is 2.78. The molecular formula is C15H19BF2O2. The fourth-order valence-electron chi connectivity index (χ4n) is 2.78. The van der Waals surface area contributed by atoms with Crippen molar-refractivity contribution in [1.29, 1.82) is 0 Å². The third kappa shape index (κ3) is 2.08. The molecule has 108 valence electrons. The molecule has 1 saturated carbocycles. The van der Waals surface area contributed by atoms with Gasteiger partial charge in [0, 0.05) is 11.4 Å². The second kappa shape index (κ2) is 4.28. The van der Waals surface area contributed by atoms with Crippen molar-refractivity contribution in [3.05, 3.63) is 35.4 Å². The molecule has 2 atom stereocenters. The first-order chi connectivity index (χ1) is 9.23. The summed E-state index contributed by atoms with van der Waals surface area (Å²) in [5, 5.41) is 0. The monoisotopic (exact) mass is 280 g/mol. The summed E-state index contributed by atoms with van der Waals surface area (Å²) < 4.78 is 39.5. The van der Waals surface area contributed by atoms with Gasteiger partial charge in [0.2, 0.25) is 0 Å². The molecule has 0 bridgehead atoms. The van der Waals surface area contributed by atoms with Crippen molar-refractivity contribution in [2.24, 2.45) is 0 Å². The minimum Gasteiger partial charge on any atom is -0.403 e. The highest BCUT2D eigenvalue weighted by Crippen LogP contribution is 2.59. The van der Waals surface area contributed by atoms with E-state index in [0.29, 0.717) is 6.42 Å². The van der Waals surface area contributed by atoms with Crippen LogP contribution in [-0.4, -0.2) is 18.3 Å². The Bertz CT molecular complexity index is 508. The highest BCUT2D eigenvalue weighted by molar-refractivity contribution is 6.49. The Labute approximate surface area is 118 Å². The molecular weight excluding hydrogens is 261 g/mol. The van der Waals surface area contributed by atoms with Crippen LogP contribution in [0.15, 0.2) is 18.2 Å². The Kier molecular flexibility index (Phi) is 3.00. The maximum atomic E-state index is 13.8. The van der Waals surface area contributed by atoms with Crippen LogP contribution < -0.4 is 0 Å². The van der Waals surface area contributed by atoms with E-state index in [2.05, 4.69) is 0 Å². The molecule has 1 aliphatic carbocycles. The fraction of sp³-hybridized carbons (Fsp3) is 0.600. The molecule has 5 heteroatoms. The molecule has 0 radical (unpaired) electrons. The van der Waals surface area contributed by atoms with Gasteiger partial charge in [-0.1, -0.05) is 6.07 Å². The molecule has 2 fully saturated rings. The van der Waals surface area contributed by atoms with Gasteiger partial charge >= 0.3 is 7.12 Å². The summed E-state index contributed by atoms with van der Waals surface area (Å²) in [6.07, 6.45) is 0.703. The Balaban J connectivity index is 1.78. The van der Waals surface area contributed by atoms with Gasteiger partial charge in [0.1, 0.15) is 11.6 Å². The average molecular weight is 280 g/mol. The highest BCUT2D eigenvalue weighted by atomic mass is 19.1. The summed E-state index contributed by atoms with van der Waals surface area (Å²) in [5.41, 5.74) is -0.635. The van der Waals surface area contributed by atoms with Crippen LogP contribution in [0.4, 0.5) is 8.78 Å². The number of halogens is 2. The van der Waals surface area contributed by atoms with Gasteiger partial charge < -0.3 is 9.31 Å². The largest absolute Gasteiger partial charge is 0.461 e. The molecule has 1 heterocycles. The summed E-state index contributed by atoms with van der Waals surface area (Å²) in [6.45, 7) is 7.92. The molecule has 0 spiro atoms. The molecule has 3 rings (SSSR count). The first-order valence-corrected chi connectivity index (χ1v) is 7.02. The van der Waals surface area contributed by atoms with Crippen LogP contribution in [0.3, 0.4) is 0 Å². The zero-order valence-corrected chi connectivity index (χ0v) is 12.2. The SMILES string of the molecule is CC1(C)OB([C@H]2C[C@@H]2c2c(F)cccc2F)OC1(C)C. The lowest BCUT2D eigenvalue weighted by Crippen LogP contribution is -2.41. The lowest BCUT2D eigenvalue weighted by molar-refractivity contribution is 0.00578. The van der Waals surface area contributed by atoms with E-state index in [0.717, 1.165) is 0 Å². The van der Waals surface area contributed by atoms with Crippen LogP contribution in [0.5, 0.6) is 0 Å². The highest BCUT2D eigenvalue weighted by Gasteiger charge is 2.60. The quantitative estimate of drug-likeness (QED) is 0.764. The summed E-state index contributed by atoms with van der Waals surface area (Å²) in [4.78, 5) is 0. The second-order valence-electron chi connectivity index (χ2n) is 6.77. The molecule has 0 aromatic heterocycles. The van der Waals surface area contributed by atoms with Crippen molar-refractivity contribution >= 4 is 7.12 Å². The van der Waals surface area contributed by atoms with Crippen LogP contribution in [0.1, 0.15) is 45.6 Å². The molecule has 0 unspecified atom stereocenters. The van der Waals surface area contributed by atoms with E-state index < -0.39 is 22.8 Å². The Morgan fingerprint density at radius 2 is 1.55 bits per heavy atom. The third-order valence-electron chi connectivity index (χ3n) is 4.83. The minimum atomic E-state index is -0.478. The number of hydrogen-bond acceptors (Lipinski definition) is 2. The van der Waals surface area contributed by atoms with Gasteiger partial charge in [-0.2, -0.15) is 0 Å². The minimum absolute atomic E-state index is 0.0300. The van der Waals surface area contributed by atoms with Crippen molar-refractivity contribution in [2.75, 3.05) is 0 Å². The topological polar surface area (TPSA) is 18.5 Å². The Hall–Kier alpha value is -0.935. The van der Waals surface area contributed by atoms with Crippen LogP contribution in [0, 0.1) is 11.6 Å². The van der Waals surface area contributed by atoms with Crippen LogP contribution in [0.2, 0.25) is 5.82 Å². The molecule has 2 aliphatic rings. The van der Waals surface area contributed by atoms with Gasteiger partial charge in [-0.05, 0) is 52.2 Å². The molecule has 0 amide bonds. The predicted octanol–water partition coefficient (Wildman–Crippen LogP) is 3.91. The predicted molar refractivity (Wildman–Crippen MR) is 73.5 cm³/mol. The van der Waals surface area contributed by atoms with E-state index >= 15 is 0 Å². The van der Waals surface area contributed by atoms with Gasteiger partial charge in [-0.3, -0.25) is 0 Å². The molecule has 1 aliphatic heterocycles. The number of benzene rings is 1. The van der Waals surface area contributed by atoms with Crippen LogP contribution >= 0.6 is 0 Å². The van der Waals surface area contributed by atoms with E-state index in [1.807, 2.05) is 27.7 Å². The first kappa shape index (κ1) is 14.0. The average Bonchev–Trinajstić information content (AvgIpc) is 3.02. The van der Waals surface area contributed by atoms with Crippen molar-refractivity contribution in [1.82, 2.24) is 0 Å². The van der Waals surface area contributed by atoms with E-state index in [-0.39, 0.29) is 24.4 Å². The summed E-state index contributed by atoms with van der Waals surface area (Å²) in [7, 11) is -0.385. The van der Waals surface area contributed by atoms with Crippen LogP contribution in [-0.2, 0) is 9.31 Å². The standard InChI is InChI=1S/C15H19BF2O2/c1-14(2)15(3,4)20-16(19-14)10-8-9(10)13-11(17)6-5-7-12(13)18/h5-7,9-10H,8H2,1-4H3/t9-,10-/m0/s1. The van der Waals surface area contributed by atoms with E-state index in [9.17, 15) is 8.78 Å². The summed E-state index contributed by atoms with van der Waals surface area (Å²) >= 11 is 0. The van der Waals surface area contributed by atoms with Crippen molar-refractivity contribution in [3.8, 4) is 0 Å². The maximum Gasteiger partial charge on any atom is 0.461 e. The number of rotatable bonds is 2. The molecule has 20 heavy (non-hydrogen) atoms.